The van der Waals surface area contributed by atoms with Crippen LogP contribution < -0.4 is 5.63 Å². The van der Waals surface area contributed by atoms with E-state index in [0.717, 1.165) is 16.4 Å². The highest BCUT2D eigenvalue weighted by Gasteiger charge is 2.01. The Bertz CT molecular complexity index is 1190. The second-order valence-corrected chi connectivity index (χ2v) is 5.28. The molecule has 116 valence electrons. The van der Waals surface area contributed by atoms with Crippen LogP contribution in [0.15, 0.2) is 82.0 Å². The summed E-state index contributed by atoms with van der Waals surface area (Å²) in [5.74, 6) is 0. The summed E-state index contributed by atoms with van der Waals surface area (Å²) in [6.07, 6.45) is 0. The van der Waals surface area contributed by atoms with Crippen molar-refractivity contribution in [3.8, 4) is 0 Å². The molecule has 5 aromatic rings. The predicted molar refractivity (Wildman–Crippen MR) is 93.9 cm³/mol. The maximum Gasteiger partial charge on any atom is 0.336 e. The Morgan fingerprint density at radius 2 is 1.54 bits per heavy atom. The van der Waals surface area contributed by atoms with Gasteiger partial charge in [0.15, 0.2) is 0 Å². The first-order valence-electron chi connectivity index (χ1n) is 7.49. The highest BCUT2D eigenvalue weighted by molar-refractivity contribution is 6.03. The van der Waals surface area contributed by atoms with Crippen molar-refractivity contribution >= 4 is 32.8 Å². The maximum absolute atomic E-state index is 10.7. The zero-order valence-corrected chi connectivity index (χ0v) is 12.6. The summed E-state index contributed by atoms with van der Waals surface area (Å²) in [6, 6.07) is 22.8. The van der Waals surface area contributed by atoms with Gasteiger partial charge in [0.05, 0.1) is 5.52 Å². The molecule has 0 unspecified atom stereocenters. The van der Waals surface area contributed by atoms with E-state index in [-0.39, 0.29) is 5.63 Å². The second kappa shape index (κ2) is 5.96. The molecule has 0 fully saturated rings. The van der Waals surface area contributed by atoms with Gasteiger partial charge in [0, 0.05) is 16.8 Å². The van der Waals surface area contributed by atoms with E-state index in [1.807, 2.05) is 36.4 Å². The van der Waals surface area contributed by atoms with E-state index in [2.05, 4.69) is 33.6 Å². The van der Waals surface area contributed by atoms with Crippen molar-refractivity contribution in [2.75, 3.05) is 0 Å². The quantitative estimate of drug-likeness (QED) is 0.440. The standard InChI is InChI=1S/C10H7N3.C9H6O2/c1-2-4-8-7(3-1)5-6-9-10(8)12-13-11-9;10-9-6-5-7-3-1-2-4-8(7)11-9/h1-6H,(H,11,12,13);1-6H. The fourth-order valence-corrected chi connectivity index (χ4v) is 2.60. The van der Waals surface area contributed by atoms with Crippen LogP contribution in [0.2, 0.25) is 0 Å². The lowest BCUT2D eigenvalue weighted by Crippen LogP contribution is -1.93. The summed E-state index contributed by atoms with van der Waals surface area (Å²) < 4.78 is 4.91. The highest BCUT2D eigenvalue weighted by Crippen LogP contribution is 2.21. The topological polar surface area (TPSA) is 71.8 Å². The van der Waals surface area contributed by atoms with Crippen molar-refractivity contribution in [2.45, 2.75) is 0 Å². The molecule has 1 N–H and O–H groups in total. The monoisotopic (exact) mass is 315 g/mol. The first-order valence-corrected chi connectivity index (χ1v) is 7.49. The van der Waals surface area contributed by atoms with Crippen molar-refractivity contribution < 1.29 is 4.42 Å². The van der Waals surface area contributed by atoms with E-state index < -0.39 is 0 Å². The number of hydrogen-bond acceptors (Lipinski definition) is 4. The van der Waals surface area contributed by atoms with Crippen LogP contribution in [0.1, 0.15) is 0 Å². The van der Waals surface area contributed by atoms with E-state index >= 15 is 0 Å². The van der Waals surface area contributed by atoms with Crippen molar-refractivity contribution in [1.82, 2.24) is 15.4 Å². The molecule has 0 amide bonds. The summed E-state index contributed by atoms with van der Waals surface area (Å²) in [5, 5.41) is 14.0. The van der Waals surface area contributed by atoms with Gasteiger partial charge < -0.3 is 4.42 Å². The molecule has 0 atom stereocenters. The van der Waals surface area contributed by atoms with Crippen LogP contribution in [0.3, 0.4) is 0 Å². The van der Waals surface area contributed by atoms with Gasteiger partial charge in [-0.2, -0.15) is 0 Å². The van der Waals surface area contributed by atoms with Crippen LogP contribution in [0.4, 0.5) is 0 Å². The Morgan fingerprint density at radius 3 is 2.46 bits per heavy atom. The first-order chi connectivity index (χ1) is 11.8. The van der Waals surface area contributed by atoms with Crippen LogP contribution in [0.5, 0.6) is 0 Å². The van der Waals surface area contributed by atoms with Crippen LogP contribution >= 0.6 is 0 Å². The minimum absolute atomic E-state index is 0.302. The number of nitrogens with zero attached hydrogens (tertiary/aromatic N) is 2. The van der Waals surface area contributed by atoms with E-state index in [1.165, 1.54) is 16.8 Å². The number of fused-ring (bicyclic) bond motifs is 4. The van der Waals surface area contributed by atoms with Crippen molar-refractivity contribution in [1.29, 1.82) is 0 Å². The number of H-pyrrole nitrogens is 1. The fourth-order valence-electron chi connectivity index (χ4n) is 2.60. The Kier molecular flexibility index (Phi) is 3.51. The molecule has 0 saturated carbocycles. The Balaban J connectivity index is 0.000000123. The molecule has 3 aromatic carbocycles. The molecule has 0 bridgehead atoms. The zero-order chi connectivity index (χ0) is 16.4. The molecule has 0 saturated heterocycles. The molecular formula is C19H13N3O2. The van der Waals surface area contributed by atoms with Crippen molar-refractivity contribution in [3.05, 3.63) is 83.2 Å². The predicted octanol–water partition coefficient (Wildman–Crippen LogP) is 3.90. The molecule has 5 heteroatoms. The summed E-state index contributed by atoms with van der Waals surface area (Å²) in [6.45, 7) is 0. The lowest BCUT2D eigenvalue weighted by molar-refractivity contribution is 0.561. The number of benzene rings is 3. The lowest BCUT2D eigenvalue weighted by Gasteiger charge is -1.95. The Labute approximate surface area is 136 Å². The summed E-state index contributed by atoms with van der Waals surface area (Å²) in [7, 11) is 0. The van der Waals surface area contributed by atoms with Crippen LogP contribution in [0.25, 0.3) is 32.8 Å². The smallest absolute Gasteiger partial charge is 0.336 e. The van der Waals surface area contributed by atoms with Gasteiger partial charge in [0.1, 0.15) is 11.1 Å². The molecule has 0 spiro atoms. The molecule has 0 aliphatic rings. The first kappa shape index (κ1) is 14.1. The number of para-hydroxylation sites is 1. The highest BCUT2D eigenvalue weighted by atomic mass is 16.4. The van der Waals surface area contributed by atoms with Gasteiger partial charge in [0.2, 0.25) is 0 Å². The van der Waals surface area contributed by atoms with E-state index in [1.54, 1.807) is 12.1 Å². The average Bonchev–Trinajstić information content (AvgIpc) is 3.11. The van der Waals surface area contributed by atoms with Crippen molar-refractivity contribution in [3.63, 3.8) is 0 Å². The lowest BCUT2D eigenvalue weighted by atomic mass is 10.1. The molecule has 2 heterocycles. The van der Waals surface area contributed by atoms with Crippen LogP contribution in [-0.4, -0.2) is 15.4 Å². The number of nitrogens with one attached hydrogen (secondary N) is 1. The molecule has 0 radical (unpaired) electrons. The number of aromatic amines is 1. The van der Waals surface area contributed by atoms with Gasteiger partial charge in [-0.3, -0.25) is 5.10 Å². The van der Waals surface area contributed by atoms with E-state index in [4.69, 9.17) is 4.42 Å². The summed E-state index contributed by atoms with van der Waals surface area (Å²) >= 11 is 0. The second-order valence-electron chi connectivity index (χ2n) is 5.28. The molecule has 24 heavy (non-hydrogen) atoms. The van der Waals surface area contributed by atoms with Gasteiger partial charge in [-0.15, -0.1) is 5.10 Å². The molecule has 0 aliphatic heterocycles. The molecular weight excluding hydrogens is 302 g/mol. The molecule has 5 nitrogen and oxygen atoms in total. The number of rotatable bonds is 0. The Hall–Kier alpha value is -3.47. The minimum atomic E-state index is -0.302. The minimum Gasteiger partial charge on any atom is -0.423 e. The SMILES string of the molecule is O=c1ccc2ccccc2o1.c1ccc2c(c1)ccc1nn[nH]c12. The van der Waals surface area contributed by atoms with Crippen LogP contribution in [-0.2, 0) is 0 Å². The summed E-state index contributed by atoms with van der Waals surface area (Å²) in [5.41, 5.74) is 2.26. The molecule has 5 rings (SSSR count). The van der Waals surface area contributed by atoms with E-state index in [0.29, 0.717) is 5.58 Å². The van der Waals surface area contributed by atoms with Gasteiger partial charge >= 0.3 is 5.63 Å². The van der Waals surface area contributed by atoms with Crippen LogP contribution in [0, 0.1) is 0 Å². The third kappa shape index (κ3) is 2.63. The third-order valence-electron chi connectivity index (χ3n) is 3.76. The van der Waals surface area contributed by atoms with Gasteiger partial charge in [-0.05, 0) is 23.6 Å². The fraction of sp³-hybridized carbons (Fsp3) is 0. The average molecular weight is 315 g/mol. The maximum atomic E-state index is 10.7. The molecule has 2 aromatic heterocycles. The zero-order valence-electron chi connectivity index (χ0n) is 12.6. The van der Waals surface area contributed by atoms with Gasteiger partial charge in [-0.25, -0.2) is 4.79 Å². The molecule has 0 aliphatic carbocycles. The van der Waals surface area contributed by atoms with E-state index in [9.17, 15) is 4.79 Å². The van der Waals surface area contributed by atoms with Crippen molar-refractivity contribution in [2.24, 2.45) is 0 Å². The number of hydrogen-bond donors (Lipinski definition) is 1. The summed E-state index contributed by atoms with van der Waals surface area (Å²) in [4.78, 5) is 10.7. The third-order valence-corrected chi connectivity index (χ3v) is 3.76. The normalized spacial score (nSPS) is 10.7. The van der Waals surface area contributed by atoms with Gasteiger partial charge in [0.25, 0.3) is 0 Å². The Morgan fingerprint density at radius 1 is 0.792 bits per heavy atom. The largest absolute Gasteiger partial charge is 0.423 e. The van der Waals surface area contributed by atoms with Gasteiger partial charge in [-0.1, -0.05) is 53.7 Å². The number of aromatic nitrogens is 3.